The predicted octanol–water partition coefficient (Wildman–Crippen LogP) is 2.12. The highest BCUT2D eigenvalue weighted by atomic mass is 19.1. The molecule has 0 aliphatic heterocycles. The third kappa shape index (κ3) is 4.96. The summed E-state index contributed by atoms with van der Waals surface area (Å²) in [5.41, 5.74) is 5.22. The Morgan fingerprint density at radius 2 is 1.62 bits per heavy atom. The lowest BCUT2D eigenvalue weighted by molar-refractivity contribution is -0.0376. The van der Waals surface area contributed by atoms with Gasteiger partial charge in [0.25, 0.3) is 5.91 Å². The summed E-state index contributed by atoms with van der Waals surface area (Å²) in [5.74, 6) is 0.241. The van der Waals surface area contributed by atoms with Crippen LogP contribution in [0.2, 0.25) is 0 Å². The van der Waals surface area contributed by atoms with E-state index in [0.717, 1.165) is 0 Å². The van der Waals surface area contributed by atoms with Crippen LogP contribution in [-0.2, 0) is 0 Å². The number of hydrogen-bond donors (Lipinski definition) is 3. The van der Waals surface area contributed by atoms with Crippen LogP contribution in [-0.4, -0.2) is 35.3 Å². The van der Waals surface area contributed by atoms with Gasteiger partial charge in [-0.15, -0.1) is 0 Å². The zero-order valence-corrected chi connectivity index (χ0v) is 12.6. The second-order valence-corrected chi connectivity index (χ2v) is 4.80. The van der Waals surface area contributed by atoms with Gasteiger partial charge in [-0.1, -0.05) is 0 Å². The molecule has 0 aliphatic rings. The largest absolute Gasteiger partial charge is 0.457 e. The fourth-order valence-electron chi connectivity index (χ4n) is 1.80. The first kappa shape index (κ1) is 17.2. The van der Waals surface area contributed by atoms with E-state index in [4.69, 9.17) is 15.7 Å². The summed E-state index contributed by atoms with van der Waals surface area (Å²) < 4.78 is 18.3. The molecule has 0 aliphatic carbocycles. The van der Waals surface area contributed by atoms with Crippen LogP contribution in [0.5, 0.6) is 11.5 Å². The van der Waals surface area contributed by atoms with E-state index in [1.807, 2.05) is 0 Å². The van der Waals surface area contributed by atoms with E-state index in [1.165, 1.54) is 24.3 Å². The van der Waals surface area contributed by atoms with E-state index in [0.29, 0.717) is 22.1 Å². The molecule has 2 aromatic rings. The monoisotopic (exact) mass is 333 g/mol. The van der Waals surface area contributed by atoms with Gasteiger partial charge in [0.2, 0.25) is 0 Å². The molecule has 2 rings (SSSR count). The first-order chi connectivity index (χ1) is 11.5. The van der Waals surface area contributed by atoms with E-state index >= 15 is 0 Å². The van der Waals surface area contributed by atoms with Crippen molar-refractivity contribution in [3.63, 3.8) is 0 Å². The number of ether oxygens (including phenoxy) is 1. The smallest absolute Gasteiger partial charge is 0.338 e. The third-order valence-electron chi connectivity index (χ3n) is 3.03. The Kier molecular flexibility index (Phi) is 5.69. The summed E-state index contributed by atoms with van der Waals surface area (Å²) in [4.78, 5) is 22.5. The molecule has 3 amide bonds. The van der Waals surface area contributed by atoms with Crippen LogP contribution < -0.4 is 15.8 Å². The molecule has 0 fully saturated rings. The number of amides is 3. The van der Waals surface area contributed by atoms with Crippen molar-refractivity contribution in [3.8, 4) is 11.5 Å². The van der Waals surface area contributed by atoms with Gasteiger partial charge in [-0.2, -0.15) is 0 Å². The normalized spacial score (nSPS) is 10.1. The van der Waals surface area contributed by atoms with Gasteiger partial charge in [-0.3, -0.25) is 10.0 Å². The number of carbonyl (C=O) groups is 2. The van der Waals surface area contributed by atoms with Crippen molar-refractivity contribution in [2.45, 2.75) is 0 Å². The van der Waals surface area contributed by atoms with Gasteiger partial charge in [0.1, 0.15) is 17.3 Å². The lowest BCUT2D eigenvalue weighted by Gasteiger charge is -2.12. The summed E-state index contributed by atoms with van der Waals surface area (Å²) in [6.45, 7) is -0.0705. The molecule has 0 saturated heterocycles. The van der Waals surface area contributed by atoms with Gasteiger partial charge in [-0.25, -0.2) is 14.2 Å². The molecule has 0 unspecified atom stereocenters. The molecule has 0 radical (unpaired) electrons. The molecule has 0 heterocycles. The lowest BCUT2D eigenvalue weighted by atomic mass is 10.2. The highest BCUT2D eigenvalue weighted by Gasteiger charge is 2.08. The van der Waals surface area contributed by atoms with Crippen molar-refractivity contribution >= 4 is 11.9 Å². The average molecular weight is 333 g/mol. The summed E-state index contributed by atoms with van der Waals surface area (Å²) >= 11 is 0. The van der Waals surface area contributed by atoms with Crippen LogP contribution in [0.25, 0.3) is 0 Å². The summed E-state index contributed by atoms with van der Waals surface area (Å²) in [6, 6.07) is 10.9. The standard InChI is InChI=1S/C16H16FN3O4/c17-12-3-7-14(8-4-12)24-13-5-1-11(2-6-13)15(21)19-9-10-20(23)16(18)22/h1-8,23H,9-10H2,(H2,18,22)(H,19,21). The van der Waals surface area contributed by atoms with Gasteiger partial charge in [0.15, 0.2) is 0 Å². The summed E-state index contributed by atoms with van der Waals surface area (Å²) in [6.07, 6.45) is 0. The van der Waals surface area contributed by atoms with Crippen LogP contribution in [0.1, 0.15) is 10.4 Å². The molecule has 0 saturated carbocycles. The second kappa shape index (κ2) is 7.93. The maximum Gasteiger partial charge on any atom is 0.338 e. The molecule has 0 atom stereocenters. The Morgan fingerprint density at radius 3 is 2.17 bits per heavy atom. The Labute approximate surface area is 137 Å². The van der Waals surface area contributed by atoms with E-state index < -0.39 is 6.03 Å². The fourth-order valence-corrected chi connectivity index (χ4v) is 1.80. The number of rotatable bonds is 6. The molecule has 2 aromatic carbocycles. The first-order valence-corrected chi connectivity index (χ1v) is 7.03. The minimum absolute atomic E-state index is 0.0477. The van der Waals surface area contributed by atoms with Gasteiger partial charge < -0.3 is 15.8 Å². The van der Waals surface area contributed by atoms with Crippen LogP contribution in [0.3, 0.4) is 0 Å². The molecular weight excluding hydrogens is 317 g/mol. The van der Waals surface area contributed by atoms with Gasteiger partial charge in [-0.05, 0) is 48.5 Å². The van der Waals surface area contributed by atoms with E-state index in [2.05, 4.69) is 5.32 Å². The zero-order chi connectivity index (χ0) is 17.5. The van der Waals surface area contributed by atoms with Crippen molar-refractivity contribution < 1.29 is 23.9 Å². The SMILES string of the molecule is NC(=O)N(O)CCNC(=O)c1ccc(Oc2ccc(F)cc2)cc1. The molecule has 126 valence electrons. The number of urea groups is 1. The molecular formula is C16H16FN3O4. The van der Waals surface area contributed by atoms with Crippen LogP contribution in [0.4, 0.5) is 9.18 Å². The van der Waals surface area contributed by atoms with Crippen LogP contribution in [0, 0.1) is 5.82 Å². The van der Waals surface area contributed by atoms with Crippen molar-refractivity contribution in [1.82, 2.24) is 10.4 Å². The Balaban J connectivity index is 1.87. The van der Waals surface area contributed by atoms with Gasteiger partial charge in [0, 0.05) is 12.1 Å². The predicted molar refractivity (Wildman–Crippen MR) is 83.3 cm³/mol. The third-order valence-corrected chi connectivity index (χ3v) is 3.03. The van der Waals surface area contributed by atoms with Crippen molar-refractivity contribution in [3.05, 3.63) is 59.9 Å². The number of benzene rings is 2. The quantitative estimate of drug-likeness (QED) is 0.556. The van der Waals surface area contributed by atoms with Crippen molar-refractivity contribution in [2.24, 2.45) is 5.73 Å². The average Bonchev–Trinajstić information content (AvgIpc) is 2.57. The highest BCUT2D eigenvalue weighted by Crippen LogP contribution is 2.21. The Bertz CT molecular complexity index is 704. The molecule has 0 bridgehead atoms. The first-order valence-electron chi connectivity index (χ1n) is 7.03. The summed E-state index contributed by atoms with van der Waals surface area (Å²) in [7, 11) is 0. The highest BCUT2D eigenvalue weighted by molar-refractivity contribution is 5.94. The van der Waals surface area contributed by atoms with Crippen molar-refractivity contribution in [1.29, 1.82) is 0 Å². The lowest BCUT2D eigenvalue weighted by Crippen LogP contribution is -2.39. The molecule has 8 heteroatoms. The minimum atomic E-state index is -0.994. The Hall–Kier alpha value is -3.13. The molecule has 4 N–H and O–H groups in total. The number of nitrogens with two attached hydrogens (primary N) is 1. The summed E-state index contributed by atoms with van der Waals surface area (Å²) in [5, 5.41) is 11.9. The Morgan fingerprint density at radius 1 is 1.08 bits per heavy atom. The second-order valence-electron chi connectivity index (χ2n) is 4.80. The number of nitrogens with one attached hydrogen (secondary N) is 1. The number of hydrogen-bond acceptors (Lipinski definition) is 4. The van der Waals surface area contributed by atoms with Crippen LogP contribution in [0.15, 0.2) is 48.5 Å². The van der Waals surface area contributed by atoms with Gasteiger partial charge in [0.05, 0.1) is 6.54 Å². The van der Waals surface area contributed by atoms with E-state index in [9.17, 15) is 14.0 Å². The fraction of sp³-hybridized carbons (Fsp3) is 0.125. The number of carbonyl (C=O) groups excluding carboxylic acids is 2. The maximum atomic E-state index is 12.8. The minimum Gasteiger partial charge on any atom is -0.457 e. The van der Waals surface area contributed by atoms with E-state index in [1.54, 1.807) is 24.3 Å². The molecule has 0 spiro atoms. The topological polar surface area (TPSA) is 105 Å². The number of primary amides is 1. The molecule has 24 heavy (non-hydrogen) atoms. The number of nitrogens with zero attached hydrogens (tertiary/aromatic N) is 1. The van der Waals surface area contributed by atoms with E-state index in [-0.39, 0.29) is 24.8 Å². The number of halogens is 1. The van der Waals surface area contributed by atoms with Gasteiger partial charge >= 0.3 is 6.03 Å². The zero-order valence-electron chi connectivity index (χ0n) is 12.6. The molecule has 0 aromatic heterocycles. The van der Waals surface area contributed by atoms with Crippen molar-refractivity contribution in [2.75, 3.05) is 13.1 Å². The molecule has 7 nitrogen and oxygen atoms in total. The maximum absolute atomic E-state index is 12.8. The number of hydroxylamine groups is 2. The van der Waals surface area contributed by atoms with Crippen LogP contribution >= 0.6 is 0 Å².